The van der Waals surface area contributed by atoms with Crippen LogP contribution in [0.2, 0.25) is 0 Å². The van der Waals surface area contributed by atoms with Crippen molar-refractivity contribution in [3.8, 4) is 0 Å². The van der Waals surface area contributed by atoms with Gasteiger partial charge in [0.1, 0.15) is 11.6 Å². The minimum atomic E-state index is -4.77. The summed E-state index contributed by atoms with van der Waals surface area (Å²) in [6.45, 7) is 5.15. The first-order chi connectivity index (χ1) is 16.1. The van der Waals surface area contributed by atoms with Gasteiger partial charge >= 0.3 is 6.18 Å². The average Bonchev–Trinajstić information content (AvgIpc) is 2.80. The van der Waals surface area contributed by atoms with Gasteiger partial charge in [-0.25, -0.2) is 9.37 Å². The molecule has 1 fully saturated rings. The molecular formula is C24H28F4N6. The van der Waals surface area contributed by atoms with E-state index in [1.807, 2.05) is 13.0 Å². The van der Waals surface area contributed by atoms with Crippen molar-refractivity contribution in [1.29, 1.82) is 0 Å². The highest BCUT2D eigenvalue weighted by Gasteiger charge is 2.35. The van der Waals surface area contributed by atoms with Gasteiger partial charge in [-0.2, -0.15) is 18.3 Å². The third-order valence-electron chi connectivity index (χ3n) is 6.51. The molecule has 3 heterocycles. The molecule has 10 heteroatoms. The highest BCUT2D eigenvalue weighted by Crippen LogP contribution is 2.35. The predicted octanol–water partition coefficient (Wildman–Crippen LogP) is 5.19. The van der Waals surface area contributed by atoms with Crippen LogP contribution in [0.4, 0.5) is 29.2 Å². The molecule has 1 aromatic carbocycles. The summed E-state index contributed by atoms with van der Waals surface area (Å²) >= 11 is 0. The maximum atomic E-state index is 14.7. The largest absolute Gasteiger partial charge is 0.419 e. The Morgan fingerprint density at radius 2 is 1.82 bits per heavy atom. The Labute approximate surface area is 196 Å². The van der Waals surface area contributed by atoms with E-state index in [9.17, 15) is 17.6 Å². The van der Waals surface area contributed by atoms with Gasteiger partial charge in [-0.3, -0.25) is 0 Å². The van der Waals surface area contributed by atoms with E-state index in [1.165, 1.54) is 12.1 Å². The first-order valence-electron chi connectivity index (χ1n) is 11.2. The first kappa shape index (κ1) is 24.1. The topological polar surface area (TPSA) is 57.2 Å². The number of fused-ring (bicyclic) bond motifs is 1. The fourth-order valence-electron chi connectivity index (χ4n) is 4.44. The van der Waals surface area contributed by atoms with E-state index < -0.39 is 23.6 Å². The number of hydrogen-bond donors (Lipinski definition) is 1. The van der Waals surface area contributed by atoms with Crippen molar-refractivity contribution in [2.45, 2.75) is 44.9 Å². The molecular weight excluding hydrogens is 448 g/mol. The average molecular weight is 477 g/mol. The Kier molecular flexibility index (Phi) is 6.62. The normalized spacial score (nSPS) is 16.3. The van der Waals surface area contributed by atoms with Crippen LogP contribution in [0.25, 0.3) is 10.8 Å². The van der Waals surface area contributed by atoms with Crippen LogP contribution < -0.4 is 10.2 Å². The molecule has 0 radical (unpaired) electrons. The number of aryl methyl sites for hydroxylation is 1. The van der Waals surface area contributed by atoms with Gasteiger partial charge in [0.05, 0.1) is 17.3 Å². The van der Waals surface area contributed by atoms with E-state index in [1.54, 1.807) is 13.1 Å². The smallest absolute Gasteiger partial charge is 0.361 e. The third-order valence-corrected chi connectivity index (χ3v) is 6.51. The number of halogens is 4. The summed E-state index contributed by atoms with van der Waals surface area (Å²) in [5, 5.41) is 13.0. The van der Waals surface area contributed by atoms with Crippen LogP contribution in [0.3, 0.4) is 0 Å². The van der Waals surface area contributed by atoms with Crippen LogP contribution >= 0.6 is 0 Å². The van der Waals surface area contributed by atoms with E-state index in [4.69, 9.17) is 0 Å². The Bertz CT molecular complexity index is 1170. The fourth-order valence-corrected chi connectivity index (χ4v) is 4.44. The molecule has 1 atom stereocenters. The second kappa shape index (κ2) is 9.32. The number of piperidine rings is 1. The van der Waals surface area contributed by atoms with Crippen molar-refractivity contribution < 1.29 is 17.6 Å². The Morgan fingerprint density at radius 1 is 1.12 bits per heavy atom. The van der Waals surface area contributed by atoms with Crippen LogP contribution in [0.1, 0.15) is 42.6 Å². The Balaban J connectivity index is 1.65. The van der Waals surface area contributed by atoms with Crippen molar-refractivity contribution in [3.63, 3.8) is 0 Å². The second-order valence-corrected chi connectivity index (χ2v) is 8.98. The van der Waals surface area contributed by atoms with E-state index in [2.05, 4.69) is 44.4 Å². The van der Waals surface area contributed by atoms with E-state index in [0.717, 1.165) is 48.6 Å². The van der Waals surface area contributed by atoms with E-state index in [-0.39, 0.29) is 5.56 Å². The van der Waals surface area contributed by atoms with Gasteiger partial charge in [0.25, 0.3) is 0 Å². The number of nitrogens with one attached hydrogen (secondary N) is 1. The molecule has 0 spiro atoms. The lowest BCUT2D eigenvalue weighted by molar-refractivity contribution is -0.140. The number of benzene rings is 1. The highest BCUT2D eigenvalue weighted by atomic mass is 19.4. The van der Waals surface area contributed by atoms with Crippen molar-refractivity contribution in [2.24, 2.45) is 0 Å². The zero-order chi connectivity index (χ0) is 24.6. The molecule has 0 aliphatic carbocycles. The number of pyridine rings is 1. The number of rotatable bonds is 5. The molecule has 4 rings (SSSR count). The van der Waals surface area contributed by atoms with Crippen molar-refractivity contribution >= 4 is 22.4 Å². The SMILES string of the molecule is Cc1nnc(N[C@H](C)c2cccc(C(F)(F)F)c2F)c2cc(N3CCC(N(C)C)CC3)ncc12. The molecule has 2 aromatic heterocycles. The molecule has 34 heavy (non-hydrogen) atoms. The monoisotopic (exact) mass is 476 g/mol. The highest BCUT2D eigenvalue weighted by molar-refractivity contribution is 5.94. The van der Waals surface area contributed by atoms with Gasteiger partial charge in [0.15, 0.2) is 5.82 Å². The predicted molar refractivity (Wildman–Crippen MR) is 124 cm³/mol. The minimum absolute atomic E-state index is 0.0922. The molecule has 0 amide bonds. The summed E-state index contributed by atoms with van der Waals surface area (Å²) in [6, 6.07) is 4.97. The third kappa shape index (κ3) is 4.77. The lowest BCUT2D eigenvalue weighted by atomic mass is 10.0. The summed E-state index contributed by atoms with van der Waals surface area (Å²) in [5.41, 5.74) is -0.694. The molecule has 3 aromatic rings. The maximum absolute atomic E-state index is 14.7. The van der Waals surface area contributed by atoms with E-state index in [0.29, 0.717) is 17.6 Å². The van der Waals surface area contributed by atoms with Crippen LogP contribution in [-0.2, 0) is 6.18 Å². The molecule has 1 N–H and O–H groups in total. The molecule has 0 unspecified atom stereocenters. The molecule has 0 bridgehead atoms. The summed E-state index contributed by atoms with van der Waals surface area (Å²) in [6.07, 6.45) is -0.973. The van der Waals surface area contributed by atoms with Gasteiger partial charge < -0.3 is 15.1 Å². The molecule has 0 saturated carbocycles. The Morgan fingerprint density at radius 3 is 2.47 bits per heavy atom. The molecule has 182 valence electrons. The van der Waals surface area contributed by atoms with Gasteiger partial charge in [-0.1, -0.05) is 12.1 Å². The lowest BCUT2D eigenvalue weighted by Gasteiger charge is -2.36. The first-order valence-corrected chi connectivity index (χ1v) is 11.2. The van der Waals surface area contributed by atoms with Crippen molar-refractivity contribution in [1.82, 2.24) is 20.1 Å². The molecule has 1 aliphatic heterocycles. The minimum Gasteiger partial charge on any atom is -0.361 e. The van der Waals surface area contributed by atoms with Gasteiger partial charge in [-0.15, -0.1) is 5.10 Å². The van der Waals surface area contributed by atoms with E-state index >= 15 is 0 Å². The quantitative estimate of drug-likeness (QED) is 0.512. The zero-order valence-electron chi connectivity index (χ0n) is 19.6. The number of hydrogen-bond acceptors (Lipinski definition) is 6. The summed E-state index contributed by atoms with van der Waals surface area (Å²) in [4.78, 5) is 9.08. The second-order valence-electron chi connectivity index (χ2n) is 8.98. The Hall–Kier alpha value is -3.01. The van der Waals surface area contributed by atoms with Crippen LogP contribution in [0.5, 0.6) is 0 Å². The zero-order valence-corrected chi connectivity index (χ0v) is 19.6. The van der Waals surface area contributed by atoms with Crippen molar-refractivity contribution in [3.05, 3.63) is 53.1 Å². The molecule has 1 saturated heterocycles. The molecule has 1 aliphatic rings. The number of anilines is 2. The van der Waals surface area contributed by atoms with Gasteiger partial charge in [-0.05, 0) is 52.9 Å². The number of aromatic nitrogens is 3. The standard InChI is InChI=1S/C24H28F4N6/c1-14(17-6-5-7-20(22(17)25)24(26,27)28)30-23-18-12-21(29-13-19(18)15(2)31-32-23)34-10-8-16(9-11-34)33(3)4/h5-7,12-14,16H,8-11H2,1-4H3,(H,30,32)/t14-/m1/s1. The maximum Gasteiger partial charge on any atom is 0.419 e. The number of nitrogens with zero attached hydrogens (tertiary/aromatic N) is 5. The van der Waals surface area contributed by atoms with Crippen LogP contribution in [0.15, 0.2) is 30.5 Å². The lowest BCUT2D eigenvalue weighted by Crippen LogP contribution is -2.42. The summed E-state index contributed by atoms with van der Waals surface area (Å²) < 4.78 is 54.2. The van der Waals surface area contributed by atoms with Crippen LogP contribution in [0, 0.1) is 12.7 Å². The van der Waals surface area contributed by atoms with Gasteiger partial charge in [0.2, 0.25) is 0 Å². The van der Waals surface area contributed by atoms with Crippen molar-refractivity contribution in [2.75, 3.05) is 37.4 Å². The number of alkyl halides is 3. The fraction of sp³-hybridized carbons (Fsp3) is 0.458. The summed E-state index contributed by atoms with van der Waals surface area (Å²) in [5.74, 6) is -0.111. The molecule has 6 nitrogen and oxygen atoms in total. The van der Waals surface area contributed by atoms with Crippen LogP contribution in [-0.4, -0.2) is 53.3 Å². The summed E-state index contributed by atoms with van der Waals surface area (Å²) in [7, 11) is 4.17. The van der Waals surface area contributed by atoms with Gasteiger partial charge in [0, 0.05) is 41.7 Å².